The summed E-state index contributed by atoms with van der Waals surface area (Å²) in [6, 6.07) is 6.83. The molecule has 2 rings (SSSR count). The van der Waals surface area contributed by atoms with Gasteiger partial charge in [-0.3, -0.25) is 14.9 Å². The van der Waals surface area contributed by atoms with E-state index >= 15 is 0 Å². The largest absolute Gasteiger partial charge is 0.287 e. The smallest absolute Gasteiger partial charge is 0.268 e. The first kappa shape index (κ1) is 12.4. The monoisotopic (exact) mass is 263 g/mol. The molecule has 0 bridgehead atoms. The van der Waals surface area contributed by atoms with Gasteiger partial charge in [0.25, 0.3) is 11.8 Å². The number of nitrogens with one attached hydrogen (secondary N) is 1. The molecule has 1 aromatic carbocycles. The Morgan fingerprint density at radius 1 is 1.11 bits per heavy atom. The molecule has 0 saturated heterocycles. The SMILES string of the molecule is Cc1ccsc1C(=O)NC(=O)c1ccc(F)cc1. The third-order valence-corrected chi connectivity index (χ3v) is 3.42. The highest BCUT2D eigenvalue weighted by Crippen LogP contribution is 2.15. The molecule has 0 unspecified atom stereocenters. The highest BCUT2D eigenvalue weighted by molar-refractivity contribution is 7.12. The van der Waals surface area contributed by atoms with E-state index < -0.39 is 17.6 Å². The second-order valence-corrected chi connectivity index (χ2v) is 4.64. The fraction of sp³-hybridized carbons (Fsp3) is 0.0769. The number of hydrogen-bond acceptors (Lipinski definition) is 3. The molecule has 2 amide bonds. The van der Waals surface area contributed by atoms with Gasteiger partial charge in [-0.15, -0.1) is 11.3 Å². The van der Waals surface area contributed by atoms with Crippen LogP contribution >= 0.6 is 11.3 Å². The molecule has 0 aliphatic carbocycles. The quantitative estimate of drug-likeness (QED) is 0.847. The van der Waals surface area contributed by atoms with Crippen LogP contribution in [0.3, 0.4) is 0 Å². The molecule has 0 atom stereocenters. The first-order chi connectivity index (χ1) is 8.58. The Hall–Kier alpha value is -2.01. The van der Waals surface area contributed by atoms with Crippen LogP contribution in [-0.2, 0) is 0 Å². The molecule has 0 fully saturated rings. The molecule has 18 heavy (non-hydrogen) atoms. The number of amides is 2. The Morgan fingerprint density at radius 3 is 2.33 bits per heavy atom. The fourth-order valence-corrected chi connectivity index (χ4v) is 2.26. The van der Waals surface area contributed by atoms with Gasteiger partial charge in [0.05, 0.1) is 4.88 Å². The molecular formula is C13H10FNO2S. The maximum Gasteiger partial charge on any atom is 0.268 e. The van der Waals surface area contributed by atoms with Gasteiger partial charge >= 0.3 is 0 Å². The van der Waals surface area contributed by atoms with Crippen molar-refractivity contribution in [3.8, 4) is 0 Å². The zero-order valence-electron chi connectivity index (χ0n) is 9.57. The number of halogens is 1. The molecule has 0 aliphatic rings. The number of hydrogen-bond donors (Lipinski definition) is 1. The number of imide groups is 1. The summed E-state index contributed by atoms with van der Waals surface area (Å²) in [4.78, 5) is 24.0. The molecule has 3 nitrogen and oxygen atoms in total. The molecule has 0 saturated carbocycles. The molecule has 92 valence electrons. The van der Waals surface area contributed by atoms with Crippen LogP contribution in [0.5, 0.6) is 0 Å². The topological polar surface area (TPSA) is 46.2 Å². The molecule has 1 aromatic heterocycles. The normalized spacial score (nSPS) is 10.1. The molecule has 0 aliphatic heterocycles. The molecule has 1 heterocycles. The van der Waals surface area contributed by atoms with E-state index in [0.29, 0.717) is 4.88 Å². The van der Waals surface area contributed by atoms with E-state index in [0.717, 1.165) is 5.56 Å². The number of rotatable bonds is 2. The number of benzene rings is 1. The average Bonchev–Trinajstić information content (AvgIpc) is 2.76. The summed E-state index contributed by atoms with van der Waals surface area (Å²) >= 11 is 1.27. The zero-order valence-corrected chi connectivity index (χ0v) is 10.4. The van der Waals surface area contributed by atoms with Crippen molar-refractivity contribution in [2.75, 3.05) is 0 Å². The lowest BCUT2D eigenvalue weighted by Gasteiger charge is -2.03. The van der Waals surface area contributed by atoms with Crippen molar-refractivity contribution in [3.05, 3.63) is 57.5 Å². The van der Waals surface area contributed by atoms with Crippen molar-refractivity contribution in [2.24, 2.45) is 0 Å². The maximum atomic E-state index is 12.7. The average molecular weight is 263 g/mol. The van der Waals surface area contributed by atoms with Gasteiger partial charge in [-0.2, -0.15) is 0 Å². The van der Waals surface area contributed by atoms with Gasteiger partial charge < -0.3 is 0 Å². The number of carbonyl (C=O) groups excluding carboxylic acids is 2. The van der Waals surface area contributed by atoms with Crippen molar-refractivity contribution in [3.63, 3.8) is 0 Å². The van der Waals surface area contributed by atoms with Gasteiger partial charge in [0.15, 0.2) is 0 Å². The summed E-state index contributed by atoms with van der Waals surface area (Å²) in [5, 5.41) is 4.05. The van der Waals surface area contributed by atoms with Gasteiger partial charge in [-0.25, -0.2) is 4.39 Å². The molecule has 0 spiro atoms. The van der Waals surface area contributed by atoms with Crippen LogP contribution in [0.1, 0.15) is 25.6 Å². The predicted molar refractivity (Wildman–Crippen MR) is 67.3 cm³/mol. The summed E-state index contributed by atoms with van der Waals surface area (Å²) in [5.41, 5.74) is 1.07. The van der Waals surface area contributed by atoms with Crippen LogP contribution < -0.4 is 5.32 Å². The maximum absolute atomic E-state index is 12.7. The van der Waals surface area contributed by atoms with Gasteiger partial charge in [0, 0.05) is 5.56 Å². The van der Waals surface area contributed by atoms with E-state index in [1.54, 1.807) is 12.3 Å². The predicted octanol–water partition coefficient (Wildman–Crippen LogP) is 2.77. The Bertz CT molecular complexity index is 589. The lowest BCUT2D eigenvalue weighted by atomic mass is 10.2. The van der Waals surface area contributed by atoms with Crippen molar-refractivity contribution >= 4 is 23.2 Å². The van der Waals surface area contributed by atoms with Crippen LogP contribution in [0, 0.1) is 12.7 Å². The lowest BCUT2D eigenvalue weighted by Crippen LogP contribution is -2.30. The van der Waals surface area contributed by atoms with Gasteiger partial charge in [-0.1, -0.05) is 0 Å². The first-order valence-corrected chi connectivity index (χ1v) is 6.11. The second kappa shape index (κ2) is 5.10. The summed E-state index contributed by atoms with van der Waals surface area (Å²) < 4.78 is 12.7. The van der Waals surface area contributed by atoms with E-state index in [1.165, 1.54) is 35.6 Å². The van der Waals surface area contributed by atoms with E-state index in [4.69, 9.17) is 0 Å². The van der Waals surface area contributed by atoms with Crippen molar-refractivity contribution in [1.82, 2.24) is 5.32 Å². The zero-order chi connectivity index (χ0) is 13.1. The van der Waals surface area contributed by atoms with Crippen molar-refractivity contribution in [2.45, 2.75) is 6.92 Å². The first-order valence-electron chi connectivity index (χ1n) is 5.23. The van der Waals surface area contributed by atoms with Gasteiger partial charge in [-0.05, 0) is 48.2 Å². The number of carbonyl (C=O) groups is 2. The summed E-state index contributed by atoms with van der Waals surface area (Å²) in [6.45, 7) is 1.80. The van der Waals surface area contributed by atoms with E-state index in [-0.39, 0.29) is 5.56 Å². The van der Waals surface area contributed by atoms with Crippen LogP contribution in [0.15, 0.2) is 35.7 Å². The minimum atomic E-state index is -0.534. The van der Waals surface area contributed by atoms with Crippen molar-refractivity contribution in [1.29, 1.82) is 0 Å². The van der Waals surface area contributed by atoms with Crippen LogP contribution in [0.2, 0.25) is 0 Å². The standard InChI is InChI=1S/C13H10FNO2S/c1-8-6-7-18-11(8)13(17)15-12(16)9-2-4-10(14)5-3-9/h2-7H,1H3,(H,15,16,17). The van der Waals surface area contributed by atoms with Gasteiger partial charge in [0.2, 0.25) is 0 Å². The van der Waals surface area contributed by atoms with Crippen LogP contribution in [-0.4, -0.2) is 11.8 Å². The van der Waals surface area contributed by atoms with E-state index in [9.17, 15) is 14.0 Å². The van der Waals surface area contributed by atoms with E-state index in [2.05, 4.69) is 5.32 Å². The third kappa shape index (κ3) is 2.62. The Labute approximate surface area is 107 Å². The number of aryl methyl sites for hydroxylation is 1. The molecule has 1 N–H and O–H groups in total. The molecule has 0 radical (unpaired) electrons. The lowest BCUT2D eigenvalue weighted by molar-refractivity contribution is 0.0851. The van der Waals surface area contributed by atoms with E-state index in [1.807, 2.05) is 6.07 Å². The molecule has 5 heteroatoms. The summed E-state index contributed by atoms with van der Waals surface area (Å²) in [7, 11) is 0. The minimum absolute atomic E-state index is 0.249. The summed E-state index contributed by atoms with van der Waals surface area (Å²) in [5.74, 6) is -1.39. The summed E-state index contributed by atoms with van der Waals surface area (Å²) in [6.07, 6.45) is 0. The highest BCUT2D eigenvalue weighted by atomic mass is 32.1. The van der Waals surface area contributed by atoms with Crippen molar-refractivity contribution < 1.29 is 14.0 Å². The van der Waals surface area contributed by atoms with Gasteiger partial charge in [0.1, 0.15) is 5.82 Å². The Balaban J connectivity index is 2.10. The fourth-order valence-electron chi connectivity index (χ4n) is 1.44. The van der Waals surface area contributed by atoms with Crippen LogP contribution in [0.25, 0.3) is 0 Å². The Morgan fingerprint density at radius 2 is 1.78 bits per heavy atom. The number of thiophene rings is 1. The minimum Gasteiger partial charge on any atom is -0.287 e. The highest BCUT2D eigenvalue weighted by Gasteiger charge is 2.14. The second-order valence-electron chi connectivity index (χ2n) is 3.72. The third-order valence-electron chi connectivity index (χ3n) is 2.40. The molecule has 2 aromatic rings. The Kier molecular flexibility index (Phi) is 3.53. The van der Waals surface area contributed by atoms with Crippen LogP contribution in [0.4, 0.5) is 4.39 Å². The molecular weight excluding hydrogens is 253 g/mol.